The normalized spacial score (nSPS) is 10.5. The van der Waals surface area contributed by atoms with E-state index >= 15 is 0 Å². The van der Waals surface area contributed by atoms with Crippen LogP contribution in [0, 0.1) is 10.1 Å². The lowest BCUT2D eigenvalue weighted by atomic mass is 10.1. The first kappa shape index (κ1) is 13.7. The molecule has 0 fully saturated rings. The van der Waals surface area contributed by atoms with Crippen LogP contribution in [0.1, 0.15) is 5.56 Å². The summed E-state index contributed by atoms with van der Waals surface area (Å²) >= 11 is 0. The summed E-state index contributed by atoms with van der Waals surface area (Å²) in [7, 11) is 0. The van der Waals surface area contributed by atoms with Gasteiger partial charge in [-0.25, -0.2) is 4.98 Å². The van der Waals surface area contributed by atoms with Crippen molar-refractivity contribution in [3.63, 3.8) is 0 Å². The minimum atomic E-state index is -0.468. The van der Waals surface area contributed by atoms with Gasteiger partial charge in [-0.05, 0) is 17.7 Å². The number of amides is 1. The molecule has 0 radical (unpaired) electrons. The molecule has 0 bridgehead atoms. The minimum Gasteiger partial charge on any atom is -0.324 e. The van der Waals surface area contributed by atoms with Crippen LogP contribution in [0.5, 0.6) is 0 Å². The third-order valence-corrected chi connectivity index (χ3v) is 3.18. The SMILES string of the molecule is O=C(Cc1ccc([N+](=O)[O-])cc1)Nc1ccc2nccn2c1. The predicted octanol–water partition coefficient (Wildman–Crippen LogP) is 2.42. The number of anilines is 1. The number of fused-ring (bicyclic) bond motifs is 1. The van der Waals surface area contributed by atoms with Crippen LogP contribution in [0.2, 0.25) is 0 Å². The second-order valence-electron chi connectivity index (χ2n) is 4.76. The average molecular weight is 296 g/mol. The molecule has 0 aliphatic carbocycles. The second-order valence-corrected chi connectivity index (χ2v) is 4.76. The van der Waals surface area contributed by atoms with Crippen molar-refractivity contribution in [3.8, 4) is 0 Å². The summed E-state index contributed by atoms with van der Waals surface area (Å²) in [6, 6.07) is 9.52. The van der Waals surface area contributed by atoms with E-state index in [0.717, 1.165) is 5.65 Å². The number of nitro benzene ring substituents is 1. The zero-order chi connectivity index (χ0) is 15.5. The Morgan fingerprint density at radius 1 is 1.23 bits per heavy atom. The summed E-state index contributed by atoms with van der Waals surface area (Å²) in [5.41, 5.74) is 2.19. The molecule has 1 amide bonds. The van der Waals surface area contributed by atoms with Crippen LogP contribution in [-0.2, 0) is 11.2 Å². The third-order valence-electron chi connectivity index (χ3n) is 3.18. The van der Waals surface area contributed by atoms with E-state index in [4.69, 9.17) is 0 Å². The molecule has 0 saturated carbocycles. The first-order chi connectivity index (χ1) is 10.6. The highest BCUT2D eigenvalue weighted by Gasteiger charge is 2.08. The Kier molecular flexibility index (Phi) is 3.53. The van der Waals surface area contributed by atoms with Gasteiger partial charge in [0.1, 0.15) is 5.65 Å². The Morgan fingerprint density at radius 3 is 2.73 bits per heavy atom. The van der Waals surface area contributed by atoms with Crippen LogP contribution in [-0.4, -0.2) is 20.2 Å². The van der Waals surface area contributed by atoms with Crippen molar-refractivity contribution >= 4 is 22.9 Å². The quantitative estimate of drug-likeness (QED) is 0.591. The molecule has 22 heavy (non-hydrogen) atoms. The summed E-state index contributed by atoms with van der Waals surface area (Å²) in [4.78, 5) is 26.2. The van der Waals surface area contributed by atoms with E-state index in [1.165, 1.54) is 12.1 Å². The van der Waals surface area contributed by atoms with Gasteiger partial charge in [0, 0.05) is 30.7 Å². The van der Waals surface area contributed by atoms with Gasteiger partial charge in [-0.2, -0.15) is 0 Å². The molecule has 3 aromatic rings. The Hall–Kier alpha value is -3.22. The first-order valence-electron chi connectivity index (χ1n) is 6.58. The van der Waals surface area contributed by atoms with Crippen molar-refractivity contribution in [2.24, 2.45) is 0 Å². The average Bonchev–Trinajstić information content (AvgIpc) is 2.95. The smallest absolute Gasteiger partial charge is 0.269 e. The van der Waals surface area contributed by atoms with E-state index in [1.807, 2.05) is 10.5 Å². The molecule has 0 spiro atoms. The van der Waals surface area contributed by atoms with Gasteiger partial charge in [-0.1, -0.05) is 12.1 Å². The van der Waals surface area contributed by atoms with Crippen molar-refractivity contribution in [2.75, 3.05) is 5.32 Å². The fourth-order valence-corrected chi connectivity index (χ4v) is 2.12. The number of carbonyl (C=O) groups is 1. The number of nitro groups is 1. The van der Waals surface area contributed by atoms with E-state index < -0.39 is 4.92 Å². The zero-order valence-corrected chi connectivity index (χ0v) is 11.5. The lowest BCUT2D eigenvalue weighted by molar-refractivity contribution is -0.384. The van der Waals surface area contributed by atoms with Crippen LogP contribution >= 0.6 is 0 Å². The molecular formula is C15H12N4O3. The largest absolute Gasteiger partial charge is 0.324 e. The number of pyridine rings is 1. The summed E-state index contributed by atoms with van der Waals surface area (Å²) < 4.78 is 1.81. The lowest BCUT2D eigenvalue weighted by Crippen LogP contribution is -2.14. The molecule has 7 nitrogen and oxygen atoms in total. The van der Waals surface area contributed by atoms with Crippen LogP contribution in [0.25, 0.3) is 5.65 Å². The molecular weight excluding hydrogens is 284 g/mol. The molecule has 1 N–H and O–H groups in total. The molecule has 110 valence electrons. The molecule has 1 aromatic carbocycles. The lowest BCUT2D eigenvalue weighted by Gasteiger charge is -2.06. The standard InChI is InChI=1S/C15H12N4O3/c20-15(9-11-1-4-13(5-2-11)19(21)22)17-12-3-6-14-16-7-8-18(14)10-12/h1-8,10H,9H2,(H,17,20). The highest BCUT2D eigenvalue weighted by molar-refractivity contribution is 5.92. The molecule has 0 saturated heterocycles. The maximum Gasteiger partial charge on any atom is 0.269 e. The van der Waals surface area contributed by atoms with Gasteiger partial charge in [-0.15, -0.1) is 0 Å². The fourth-order valence-electron chi connectivity index (χ4n) is 2.12. The second kappa shape index (κ2) is 5.65. The summed E-state index contributed by atoms with van der Waals surface area (Å²) in [6.07, 6.45) is 5.40. The number of nitrogens with one attached hydrogen (secondary N) is 1. The van der Waals surface area contributed by atoms with Crippen LogP contribution in [0.3, 0.4) is 0 Å². The molecule has 2 aromatic heterocycles. The minimum absolute atomic E-state index is 0.00900. The van der Waals surface area contributed by atoms with Crippen LogP contribution in [0.15, 0.2) is 55.0 Å². The molecule has 0 aliphatic rings. The van der Waals surface area contributed by atoms with Crippen LogP contribution < -0.4 is 5.32 Å². The number of non-ortho nitro benzene ring substituents is 1. The van der Waals surface area contributed by atoms with Crippen molar-refractivity contribution < 1.29 is 9.72 Å². The number of aromatic nitrogens is 2. The molecule has 0 unspecified atom stereocenters. The molecule has 7 heteroatoms. The van der Waals surface area contributed by atoms with Gasteiger partial charge in [-0.3, -0.25) is 14.9 Å². The first-order valence-corrected chi connectivity index (χ1v) is 6.58. The number of nitrogens with zero attached hydrogens (tertiary/aromatic N) is 3. The molecule has 2 heterocycles. The maximum absolute atomic E-state index is 12.0. The van der Waals surface area contributed by atoms with Gasteiger partial charge >= 0.3 is 0 Å². The number of benzene rings is 1. The van der Waals surface area contributed by atoms with Gasteiger partial charge in [0.15, 0.2) is 0 Å². The Morgan fingerprint density at radius 2 is 2.00 bits per heavy atom. The summed E-state index contributed by atoms with van der Waals surface area (Å²) in [5.74, 6) is -0.187. The van der Waals surface area contributed by atoms with Crippen molar-refractivity contribution in [1.29, 1.82) is 0 Å². The Balaban J connectivity index is 1.67. The summed E-state index contributed by atoms with van der Waals surface area (Å²) in [5, 5.41) is 13.4. The van der Waals surface area contributed by atoms with E-state index in [-0.39, 0.29) is 18.0 Å². The van der Waals surface area contributed by atoms with Gasteiger partial charge < -0.3 is 9.72 Å². The molecule has 0 atom stereocenters. The van der Waals surface area contributed by atoms with E-state index in [9.17, 15) is 14.9 Å². The fraction of sp³-hybridized carbons (Fsp3) is 0.0667. The van der Waals surface area contributed by atoms with Gasteiger partial charge in [0.05, 0.1) is 17.0 Å². The summed E-state index contributed by atoms with van der Waals surface area (Å²) in [6.45, 7) is 0. The van der Waals surface area contributed by atoms with Crippen molar-refractivity contribution in [3.05, 3.63) is 70.7 Å². The monoisotopic (exact) mass is 296 g/mol. The van der Waals surface area contributed by atoms with Crippen molar-refractivity contribution in [1.82, 2.24) is 9.38 Å². The number of imidazole rings is 1. The zero-order valence-electron chi connectivity index (χ0n) is 11.5. The Bertz CT molecular complexity index is 839. The molecule has 0 aliphatic heterocycles. The number of rotatable bonds is 4. The van der Waals surface area contributed by atoms with E-state index in [0.29, 0.717) is 11.3 Å². The predicted molar refractivity (Wildman–Crippen MR) is 80.6 cm³/mol. The highest BCUT2D eigenvalue weighted by atomic mass is 16.6. The Labute approximate surface area is 125 Å². The van der Waals surface area contributed by atoms with Crippen LogP contribution in [0.4, 0.5) is 11.4 Å². The van der Waals surface area contributed by atoms with Gasteiger partial charge in [0.2, 0.25) is 5.91 Å². The van der Waals surface area contributed by atoms with Gasteiger partial charge in [0.25, 0.3) is 5.69 Å². The molecule has 3 rings (SSSR count). The van der Waals surface area contributed by atoms with E-state index in [2.05, 4.69) is 10.3 Å². The highest BCUT2D eigenvalue weighted by Crippen LogP contribution is 2.14. The third kappa shape index (κ3) is 2.93. The maximum atomic E-state index is 12.0. The topological polar surface area (TPSA) is 89.5 Å². The number of carbonyl (C=O) groups excluding carboxylic acids is 1. The number of hydrogen-bond donors (Lipinski definition) is 1. The van der Waals surface area contributed by atoms with E-state index in [1.54, 1.807) is 36.8 Å². The van der Waals surface area contributed by atoms with Crippen molar-refractivity contribution in [2.45, 2.75) is 6.42 Å². The number of hydrogen-bond acceptors (Lipinski definition) is 4.